The topological polar surface area (TPSA) is 53.5 Å². The van der Waals surface area contributed by atoms with Crippen LogP contribution in [-0.2, 0) is 9.47 Å². The fourth-order valence-electron chi connectivity index (χ4n) is 1.66. The molecule has 5 nitrogen and oxygen atoms in total. The van der Waals surface area contributed by atoms with Crippen LogP contribution in [0, 0.1) is 0 Å². The van der Waals surface area contributed by atoms with Crippen molar-refractivity contribution in [2.24, 2.45) is 0 Å². The summed E-state index contributed by atoms with van der Waals surface area (Å²) in [5.74, 6) is 0.596. The average molecular weight is 262 g/mol. The summed E-state index contributed by atoms with van der Waals surface area (Å²) in [7, 11) is 0. The maximum absolute atomic E-state index is 5.61. The second-order valence-electron chi connectivity index (χ2n) is 3.85. The van der Waals surface area contributed by atoms with Crippen molar-refractivity contribution < 1.29 is 14.2 Å². The molecular formula is C14H18N2O3. The van der Waals surface area contributed by atoms with Gasteiger partial charge in [0.1, 0.15) is 12.9 Å². The van der Waals surface area contributed by atoms with Crippen LogP contribution in [-0.4, -0.2) is 43.0 Å². The molecular weight excluding hydrogens is 244 g/mol. The Morgan fingerprint density at radius 1 is 0.947 bits per heavy atom. The molecule has 0 spiro atoms. The van der Waals surface area contributed by atoms with Gasteiger partial charge in [0, 0.05) is 6.61 Å². The summed E-state index contributed by atoms with van der Waals surface area (Å²) in [5.41, 5.74) is 0.879. The normalized spacial score (nSPS) is 10.8. The molecule has 2 rings (SSSR count). The van der Waals surface area contributed by atoms with E-state index in [1.165, 1.54) is 6.33 Å². The Kier molecular flexibility index (Phi) is 5.52. The highest BCUT2D eigenvalue weighted by molar-refractivity contribution is 5.82. The lowest BCUT2D eigenvalue weighted by atomic mass is 10.2. The zero-order chi connectivity index (χ0) is 13.3. The fourth-order valence-corrected chi connectivity index (χ4v) is 1.66. The monoisotopic (exact) mass is 262 g/mol. The van der Waals surface area contributed by atoms with Gasteiger partial charge in [-0.25, -0.2) is 9.97 Å². The van der Waals surface area contributed by atoms with Gasteiger partial charge in [-0.15, -0.1) is 0 Å². The quantitative estimate of drug-likeness (QED) is 0.682. The number of hydrogen-bond acceptors (Lipinski definition) is 5. The van der Waals surface area contributed by atoms with Crippen molar-refractivity contribution in [2.75, 3.05) is 33.0 Å². The van der Waals surface area contributed by atoms with E-state index in [2.05, 4.69) is 9.97 Å². The van der Waals surface area contributed by atoms with Gasteiger partial charge in [0.05, 0.1) is 30.7 Å². The Labute approximate surface area is 112 Å². The summed E-state index contributed by atoms with van der Waals surface area (Å²) in [5, 5.41) is 0.916. The van der Waals surface area contributed by atoms with E-state index < -0.39 is 0 Å². The molecule has 1 aromatic heterocycles. The van der Waals surface area contributed by atoms with Crippen LogP contribution >= 0.6 is 0 Å². The first-order chi connectivity index (χ1) is 9.42. The third-order valence-corrected chi connectivity index (χ3v) is 2.55. The molecule has 0 aliphatic carbocycles. The number of aromatic nitrogens is 2. The predicted octanol–water partition coefficient (Wildman–Crippen LogP) is 2.06. The number of benzene rings is 1. The van der Waals surface area contributed by atoms with Gasteiger partial charge in [-0.1, -0.05) is 12.1 Å². The Balaban J connectivity index is 1.78. The van der Waals surface area contributed by atoms with E-state index in [1.54, 1.807) is 0 Å². The lowest BCUT2D eigenvalue weighted by Crippen LogP contribution is -2.11. The van der Waals surface area contributed by atoms with Gasteiger partial charge in [-0.05, 0) is 19.1 Å². The molecule has 0 bridgehead atoms. The highest BCUT2D eigenvalue weighted by Gasteiger charge is 2.03. The first kappa shape index (κ1) is 13.7. The van der Waals surface area contributed by atoms with Crippen LogP contribution < -0.4 is 4.74 Å². The Bertz CT molecular complexity index is 500. The Morgan fingerprint density at radius 3 is 2.63 bits per heavy atom. The van der Waals surface area contributed by atoms with E-state index in [4.69, 9.17) is 14.2 Å². The minimum atomic E-state index is 0.465. The minimum Gasteiger partial charge on any atom is -0.475 e. The molecule has 1 aromatic carbocycles. The molecule has 0 aliphatic heterocycles. The van der Waals surface area contributed by atoms with Crippen LogP contribution in [0.4, 0.5) is 0 Å². The number of fused-ring (bicyclic) bond motifs is 1. The van der Waals surface area contributed by atoms with Crippen molar-refractivity contribution in [3.63, 3.8) is 0 Å². The zero-order valence-electron chi connectivity index (χ0n) is 11.0. The summed E-state index contributed by atoms with van der Waals surface area (Å²) >= 11 is 0. The lowest BCUT2D eigenvalue weighted by molar-refractivity contribution is 0.0401. The smallest absolute Gasteiger partial charge is 0.224 e. The number of ether oxygens (including phenoxy) is 3. The van der Waals surface area contributed by atoms with Gasteiger partial charge in [-0.2, -0.15) is 0 Å². The lowest BCUT2D eigenvalue weighted by Gasteiger charge is -2.08. The highest BCUT2D eigenvalue weighted by atomic mass is 16.5. The van der Waals surface area contributed by atoms with E-state index in [1.807, 2.05) is 31.2 Å². The largest absolute Gasteiger partial charge is 0.475 e. The van der Waals surface area contributed by atoms with Crippen molar-refractivity contribution in [3.8, 4) is 5.88 Å². The summed E-state index contributed by atoms with van der Waals surface area (Å²) in [6, 6.07) is 7.76. The molecule has 0 unspecified atom stereocenters. The third kappa shape index (κ3) is 4.15. The van der Waals surface area contributed by atoms with Crippen LogP contribution in [0.25, 0.3) is 10.9 Å². The van der Waals surface area contributed by atoms with Gasteiger partial charge in [0.15, 0.2) is 0 Å². The van der Waals surface area contributed by atoms with E-state index in [0.29, 0.717) is 38.9 Å². The molecule has 0 amide bonds. The molecule has 0 saturated heterocycles. The summed E-state index contributed by atoms with van der Waals surface area (Å²) in [6.07, 6.45) is 1.51. The van der Waals surface area contributed by atoms with Gasteiger partial charge in [0.2, 0.25) is 5.88 Å². The van der Waals surface area contributed by atoms with E-state index in [0.717, 1.165) is 10.9 Å². The molecule has 0 N–H and O–H groups in total. The van der Waals surface area contributed by atoms with Crippen molar-refractivity contribution in [1.29, 1.82) is 0 Å². The predicted molar refractivity (Wildman–Crippen MR) is 72.3 cm³/mol. The van der Waals surface area contributed by atoms with Crippen molar-refractivity contribution in [2.45, 2.75) is 6.92 Å². The second-order valence-corrected chi connectivity index (χ2v) is 3.85. The summed E-state index contributed by atoms with van der Waals surface area (Å²) in [6.45, 7) is 4.86. The summed E-state index contributed by atoms with van der Waals surface area (Å²) in [4.78, 5) is 8.32. The molecule has 102 valence electrons. The maximum atomic E-state index is 5.61. The molecule has 0 saturated carbocycles. The van der Waals surface area contributed by atoms with Gasteiger partial charge in [-0.3, -0.25) is 0 Å². The first-order valence-corrected chi connectivity index (χ1v) is 6.40. The van der Waals surface area contributed by atoms with Crippen LogP contribution in [0.15, 0.2) is 30.6 Å². The molecule has 0 atom stereocenters. The van der Waals surface area contributed by atoms with Gasteiger partial charge in [0.25, 0.3) is 0 Å². The highest BCUT2D eigenvalue weighted by Crippen LogP contribution is 2.20. The second kappa shape index (κ2) is 7.66. The maximum Gasteiger partial charge on any atom is 0.224 e. The number of para-hydroxylation sites is 1. The fraction of sp³-hybridized carbons (Fsp3) is 0.429. The number of hydrogen-bond donors (Lipinski definition) is 0. The van der Waals surface area contributed by atoms with E-state index >= 15 is 0 Å². The Hall–Kier alpha value is -1.72. The van der Waals surface area contributed by atoms with Gasteiger partial charge >= 0.3 is 0 Å². The number of nitrogens with zero attached hydrogens (tertiary/aromatic N) is 2. The number of rotatable bonds is 8. The minimum absolute atomic E-state index is 0.465. The third-order valence-electron chi connectivity index (χ3n) is 2.55. The van der Waals surface area contributed by atoms with E-state index in [-0.39, 0.29) is 0 Å². The van der Waals surface area contributed by atoms with E-state index in [9.17, 15) is 0 Å². The molecule has 0 aliphatic rings. The van der Waals surface area contributed by atoms with Crippen molar-refractivity contribution in [3.05, 3.63) is 30.6 Å². The first-order valence-electron chi connectivity index (χ1n) is 6.40. The molecule has 5 heteroatoms. The molecule has 1 heterocycles. The molecule has 19 heavy (non-hydrogen) atoms. The van der Waals surface area contributed by atoms with Crippen LogP contribution in [0.5, 0.6) is 5.88 Å². The van der Waals surface area contributed by atoms with Crippen LogP contribution in [0.2, 0.25) is 0 Å². The van der Waals surface area contributed by atoms with Crippen LogP contribution in [0.1, 0.15) is 6.92 Å². The van der Waals surface area contributed by atoms with Crippen molar-refractivity contribution in [1.82, 2.24) is 9.97 Å². The average Bonchev–Trinajstić information content (AvgIpc) is 2.46. The Morgan fingerprint density at radius 2 is 1.74 bits per heavy atom. The molecule has 0 fully saturated rings. The SMILES string of the molecule is CCOCCOCCOc1ncnc2ccccc12. The molecule has 2 aromatic rings. The standard InChI is InChI=1S/C14H18N2O3/c1-2-17-7-8-18-9-10-19-14-12-5-3-4-6-13(12)15-11-16-14/h3-6,11H,2,7-10H2,1H3. The zero-order valence-corrected chi connectivity index (χ0v) is 11.0. The van der Waals surface area contributed by atoms with Crippen LogP contribution in [0.3, 0.4) is 0 Å². The van der Waals surface area contributed by atoms with Crippen molar-refractivity contribution >= 4 is 10.9 Å². The summed E-state index contributed by atoms with van der Waals surface area (Å²) < 4.78 is 16.2. The molecule has 0 radical (unpaired) electrons. The van der Waals surface area contributed by atoms with Gasteiger partial charge < -0.3 is 14.2 Å².